The van der Waals surface area contributed by atoms with Crippen molar-refractivity contribution in [2.45, 2.75) is 52.1 Å². The third kappa shape index (κ3) is 2.33. The molecule has 1 amide bonds. The molecule has 0 spiro atoms. The quantitative estimate of drug-likeness (QED) is 0.748. The Labute approximate surface area is 92.0 Å². The van der Waals surface area contributed by atoms with E-state index in [1.54, 1.807) is 0 Å². The molecule has 0 radical (unpaired) electrons. The van der Waals surface area contributed by atoms with Gasteiger partial charge < -0.3 is 10.6 Å². The number of rotatable bonds is 2. The van der Waals surface area contributed by atoms with Crippen LogP contribution in [-0.4, -0.2) is 29.4 Å². The maximum atomic E-state index is 12.1. The van der Waals surface area contributed by atoms with E-state index in [0.29, 0.717) is 6.04 Å². The van der Waals surface area contributed by atoms with E-state index in [4.69, 9.17) is 5.73 Å². The first kappa shape index (κ1) is 10.9. The van der Waals surface area contributed by atoms with Gasteiger partial charge in [0.1, 0.15) is 0 Å². The van der Waals surface area contributed by atoms with E-state index >= 15 is 0 Å². The molecular weight excluding hydrogens is 188 g/mol. The molecule has 0 aromatic heterocycles. The number of hydrogen-bond donors (Lipinski definition) is 1. The Bertz CT molecular complexity index is 269. The third-order valence-corrected chi connectivity index (χ3v) is 3.46. The Hall–Kier alpha value is -0.570. The fraction of sp³-hybridized carbons (Fsp3) is 0.917. The van der Waals surface area contributed by atoms with E-state index in [1.165, 1.54) is 12.8 Å². The van der Waals surface area contributed by atoms with Crippen LogP contribution in [0.5, 0.6) is 0 Å². The van der Waals surface area contributed by atoms with Crippen LogP contribution in [0, 0.1) is 11.3 Å². The van der Waals surface area contributed by atoms with E-state index in [0.717, 1.165) is 18.9 Å². The molecule has 15 heavy (non-hydrogen) atoms. The highest BCUT2D eigenvalue weighted by Crippen LogP contribution is 2.44. The first-order valence-corrected chi connectivity index (χ1v) is 5.94. The van der Waals surface area contributed by atoms with E-state index in [-0.39, 0.29) is 17.4 Å². The van der Waals surface area contributed by atoms with Crippen LogP contribution in [0.4, 0.5) is 0 Å². The second-order valence-corrected chi connectivity index (χ2v) is 6.25. The number of carbonyl (C=O) groups is 1. The van der Waals surface area contributed by atoms with Gasteiger partial charge in [-0.15, -0.1) is 0 Å². The van der Waals surface area contributed by atoms with E-state index < -0.39 is 0 Å². The molecule has 2 N–H and O–H groups in total. The first-order chi connectivity index (χ1) is 6.88. The van der Waals surface area contributed by atoms with Crippen molar-refractivity contribution in [3.05, 3.63) is 0 Å². The average molecular weight is 210 g/mol. The maximum Gasteiger partial charge on any atom is 0.239 e. The van der Waals surface area contributed by atoms with Crippen molar-refractivity contribution in [1.29, 1.82) is 0 Å². The SMILES string of the molecule is CC(C)(C)C[C@H](N)C(=O)N1CC[C@@H]2C[C@@H]21. The van der Waals surface area contributed by atoms with Gasteiger partial charge in [0, 0.05) is 12.6 Å². The summed E-state index contributed by atoms with van der Waals surface area (Å²) in [4.78, 5) is 14.1. The summed E-state index contributed by atoms with van der Waals surface area (Å²) >= 11 is 0. The Morgan fingerprint density at radius 1 is 1.53 bits per heavy atom. The zero-order valence-electron chi connectivity index (χ0n) is 9.99. The lowest BCUT2D eigenvalue weighted by molar-refractivity contribution is -0.133. The number of hydrogen-bond acceptors (Lipinski definition) is 2. The van der Waals surface area contributed by atoms with Crippen LogP contribution in [0.25, 0.3) is 0 Å². The second-order valence-electron chi connectivity index (χ2n) is 6.25. The van der Waals surface area contributed by atoms with Gasteiger partial charge in [-0.05, 0) is 30.6 Å². The minimum Gasteiger partial charge on any atom is -0.338 e. The van der Waals surface area contributed by atoms with Gasteiger partial charge in [0.25, 0.3) is 0 Å². The molecule has 1 saturated heterocycles. The van der Waals surface area contributed by atoms with Crippen LogP contribution >= 0.6 is 0 Å². The van der Waals surface area contributed by atoms with Gasteiger partial charge in [0.2, 0.25) is 5.91 Å². The summed E-state index contributed by atoms with van der Waals surface area (Å²) in [5, 5.41) is 0. The Balaban J connectivity index is 1.90. The van der Waals surface area contributed by atoms with E-state index in [2.05, 4.69) is 20.8 Å². The molecule has 2 fully saturated rings. The molecule has 0 aromatic carbocycles. The molecule has 3 atom stereocenters. The molecule has 1 heterocycles. The number of amides is 1. The highest BCUT2D eigenvalue weighted by molar-refractivity contribution is 5.82. The summed E-state index contributed by atoms with van der Waals surface area (Å²) in [7, 11) is 0. The molecule has 1 aliphatic heterocycles. The molecule has 1 aliphatic carbocycles. The molecule has 3 nitrogen and oxygen atoms in total. The van der Waals surface area contributed by atoms with Crippen LogP contribution in [0.2, 0.25) is 0 Å². The van der Waals surface area contributed by atoms with Crippen molar-refractivity contribution >= 4 is 5.91 Å². The lowest BCUT2D eigenvalue weighted by Crippen LogP contribution is -2.45. The van der Waals surface area contributed by atoms with Gasteiger partial charge in [0.05, 0.1) is 6.04 Å². The van der Waals surface area contributed by atoms with Crippen molar-refractivity contribution < 1.29 is 4.79 Å². The van der Waals surface area contributed by atoms with E-state index in [9.17, 15) is 4.79 Å². The normalized spacial score (nSPS) is 31.3. The Morgan fingerprint density at radius 2 is 2.20 bits per heavy atom. The number of piperidine rings is 1. The summed E-state index contributed by atoms with van der Waals surface area (Å²) in [5.74, 6) is 0.978. The van der Waals surface area contributed by atoms with Crippen molar-refractivity contribution in [2.75, 3.05) is 6.54 Å². The third-order valence-electron chi connectivity index (χ3n) is 3.46. The number of nitrogens with zero attached hydrogens (tertiary/aromatic N) is 1. The van der Waals surface area contributed by atoms with Gasteiger partial charge in [-0.1, -0.05) is 20.8 Å². The molecule has 86 valence electrons. The predicted octanol–water partition coefficient (Wildman–Crippen LogP) is 1.37. The predicted molar refractivity (Wildman–Crippen MR) is 60.3 cm³/mol. The molecular formula is C12H22N2O. The maximum absolute atomic E-state index is 12.1. The number of likely N-dealkylation sites (tertiary alicyclic amines) is 1. The fourth-order valence-electron chi connectivity index (χ4n) is 2.63. The van der Waals surface area contributed by atoms with Crippen molar-refractivity contribution in [3.63, 3.8) is 0 Å². The monoisotopic (exact) mass is 210 g/mol. The largest absolute Gasteiger partial charge is 0.338 e. The molecule has 2 rings (SSSR count). The standard InChI is InChI=1S/C12H22N2O/c1-12(2,3)7-9(13)11(15)14-5-4-8-6-10(8)14/h8-10H,4-7,13H2,1-3H3/t8-,9+,10+/m1/s1. The molecule has 0 bridgehead atoms. The van der Waals surface area contributed by atoms with Gasteiger partial charge in [0.15, 0.2) is 0 Å². The van der Waals surface area contributed by atoms with Gasteiger partial charge in [-0.25, -0.2) is 0 Å². The molecule has 0 aromatic rings. The van der Waals surface area contributed by atoms with Crippen molar-refractivity contribution in [1.82, 2.24) is 4.90 Å². The highest BCUT2D eigenvalue weighted by atomic mass is 16.2. The molecule has 0 unspecified atom stereocenters. The molecule has 1 saturated carbocycles. The summed E-state index contributed by atoms with van der Waals surface area (Å²) < 4.78 is 0. The average Bonchev–Trinajstić information content (AvgIpc) is 2.74. The minimum atomic E-state index is -0.302. The zero-order chi connectivity index (χ0) is 11.2. The number of carbonyl (C=O) groups excluding carboxylic acids is 1. The first-order valence-electron chi connectivity index (χ1n) is 5.94. The topological polar surface area (TPSA) is 46.3 Å². The minimum absolute atomic E-state index is 0.137. The lowest BCUT2D eigenvalue weighted by atomic mass is 9.88. The summed E-state index contributed by atoms with van der Waals surface area (Å²) in [5.41, 5.74) is 6.11. The highest BCUT2D eigenvalue weighted by Gasteiger charge is 2.49. The van der Waals surface area contributed by atoms with Crippen LogP contribution in [-0.2, 0) is 4.79 Å². The Morgan fingerprint density at radius 3 is 2.60 bits per heavy atom. The van der Waals surface area contributed by atoms with Crippen LogP contribution < -0.4 is 5.73 Å². The summed E-state index contributed by atoms with van der Waals surface area (Å²) in [6, 6.07) is 0.243. The number of nitrogens with two attached hydrogens (primary N) is 1. The zero-order valence-corrected chi connectivity index (χ0v) is 9.99. The molecule has 2 aliphatic rings. The van der Waals surface area contributed by atoms with E-state index in [1.807, 2.05) is 4.90 Å². The van der Waals surface area contributed by atoms with Crippen LogP contribution in [0.1, 0.15) is 40.0 Å². The summed E-state index contributed by atoms with van der Waals surface area (Å²) in [6.07, 6.45) is 3.19. The summed E-state index contributed by atoms with van der Waals surface area (Å²) in [6.45, 7) is 7.32. The smallest absolute Gasteiger partial charge is 0.239 e. The Kier molecular flexibility index (Phi) is 2.53. The lowest BCUT2D eigenvalue weighted by Gasteiger charge is -2.27. The fourth-order valence-corrected chi connectivity index (χ4v) is 2.63. The van der Waals surface area contributed by atoms with Crippen LogP contribution in [0.3, 0.4) is 0 Å². The van der Waals surface area contributed by atoms with Crippen molar-refractivity contribution in [3.8, 4) is 0 Å². The van der Waals surface area contributed by atoms with Gasteiger partial charge in [-0.2, -0.15) is 0 Å². The van der Waals surface area contributed by atoms with Crippen molar-refractivity contribution in [2.24, 2.45) is 17.1 Å². The van der Waals surface area contributed by atoms with Gasteiger partial charge >= 0.3 is 0 Å². The molecule has 3 heteroatoms. The van der Waals surface area contributed by atoms with Crippen LogP contribution in [0.15, 0.2) is 0 Å². The van der Waals surface area contributed by atoms with Gasteiger partial charge in [-0.3, -0.25) is 4.79 Å². The second kappa shape index (κ2) is 3.48. The number of fused-ring (bicyclic) bond motifs is 1.